The summed E-state index contributed by atoms with van der Waals surface area (Å²) in [5.41, 5.74) is 2.04. The van der Waals surface area contributed by atoms with Gasteiger partial charge in [-0.25, -0.2) is 4.98 Å². The van der Waals surface area contributed by atoms with E-state index in [0.29, 0.717) is 0 Å². The maximum absolute atomic E-state index is 4.42. The second-order valence-corrected chi connectivity index (χ2v) is 3.86. The Kier molecular flexibility index (Phi) is 2.02. The van der Waals surface area contributed by atoms with Crippen molar-refractivity contribution < 1.29 is 0 Å². The molecule has 0 aliphatic heterocycles. The quantitative estimate of drug-likeness (QED) is 0.767. The first-order valence-electron chi connectivity index (χ1n) is 3.95. The number of nitrogens with one attached hydrogen (secondary N) is 2. The molecule has 13 heavy (non-hydrogen) atoms. The summed E-state index contributed by atoms with van der Waals surface area (Å²) in [6.45, 7) is 2.06. The second-order valence-electron chi connectivity index (χ2n) is 2.66. The lowest BCUT2D eigenvalue weighted by Gasteiger charge is -1.90. The highest BCUT2D eigenvalue weighted by molar-refractivity contribution is 7.15. The summed E-state index contributed by atoms with van der Waals surface area (Å²) in [6.07, 6.45) is 3.63. The van der Waals surface area contributed by atoms with Crippen LogP contribution in [0.15, 0.2) is 12.4 Å². The number of aryl methyl sites for hydroxylation is 1. The van der Waals surface area contributed by atoms with Gasteiger partial charge in [-0.05, 0) is 6.92 Å². The topological polar surface area (TPSA) is 53.6 Å². The minimum atomic E-state index is 0.939. The molecule has 0 spiro atoms. The van der Waals surface area contributed by atoms with Gasteiger partial charge in [0.1, 0.15) is 0 Å². The third-order valence-corrected chi connectivity index (χ3v) is 2.77. The van der Waals surface area contributed by atoms with Crippen LogP contribution in [-0.2, 0) is 0 Å². The number of rotatable bonds is 2. The first-order valence-corrected chi connectivity index (χ1v) is 4.77. The molecule has 2 rings (SSSR count). The van der Waals surface area contributed by atoms with Crippen molar-refractivity contribution in [2.75, 3.05) is 12.4 Å². The van der Waals surface area contributed by atoms with Gasteiger partial charge < -0.3 is 5.32 Å². The summed E-state index contributed by atoms with van der Waals surface area (Å²) in [7, 11) is 1.87. The van der Waals surface area contributed by atoms with Gasteiger partial charge in [-0.1, -0.05) is 0 Å². The number of hydrogen-bond acceptors (Lipinski definition) is 4. The zero-order valence-electron chi connectivity index (χ0n) is 7.46. The van der Waals surface area contributed by atoms with Crippen molar-refractivity contribution in [3.8, 4) is 11.3 Å². The largest absolute Gasteiger partial charge is 0.365 e. The highest BCUT2D eigenvalue weighted by Gasteiger charge is 2.08. The number of nitrogens with zero attached hydrogens (tertiary/aromatic N) is 2. The van der Waals surface area contributed by atoms with E-state index in [-0.39, 0.29) is 0 Å². The van der Waals surface area contributed by atoms with Crippen molar-refractivity contribution in [3.63, 3.8) is 0 Å². The Hall–Kier alpha value is -1.36. The molecule has 5 heteroatoms. The summed E-state index contributed by atoms with van der Waals surface area (Å²) in [5.74, 6) is 0. The predicted octanol–water partition coefficient (Wildman–Crippen LogP) is 1.88. The van der Waals surface area contributed by atoms with Crippen LogP contribution in [-0.4, -0.2) is 22.2 Å². The van der Waals surface area contributed by atoms with Gasteiger partial charge in [-0.15, -0.1) is 11.3 Å². The molecule has 0 amide bonds. The summed E-state index contributed by atoms with van der Waals surface area (Å²) < 4.78 is 0. The molecule has 0 bridgehead atoms. The SMILES string of the molecule is CNc1nc(-c2cn[nH]c2)c(C)s1. The van der Waals surface area contributed by atoms with Gasteiger partial charge >= 0.3 is 0 Å². The predicted molar refractivity (Wildman–Crippen MR) is 54.0 cm³/mol. The molecule has 2 N–H and O–H groups in total. The van der Waals surface area contributed by atoms with Crippen molar-refractivity contribution in [1.82, 2.24) is 15.2 Å². The Morgan fingerprint density at radius 2 is 2.38 bits per heavy atom. The van der Waals surface area contributed by atoms with Crippen molar-refractivity contribution in [2.24, 2.45) is 0 Å². The zero-order chi connectivity index (χ0) is 9.26. The zero-order valence-corrected chi connectivity index (χ0v) is 8.27. The van der Waals surface area contributed by atoms with Gasteiger partial charge in [-0.3, -0.25) is 5.10 Å². The van der Waals surface area contributed by atoms with Crippen molar-refractivity contribution >= 4 is 16.5 Å². The van der Waals surface area contributed by atoms with E-state index < -0.39 is 0 Å². The van der Waals surface area contributed by atoms with Gasteiger partial charge in [0.25, 0.3) is 0 Å². The van der Waals surface area contributed by atoms with Gasteiger partial charge in [0.2, 0.25) is 0 Å². The van der Waals surface area contributed by atoms with Gasteiger partial charge in [0.05, 0.1) is 11.9 Å². The van der Waals surface area contributed by atoms with Crippen LogP contribution in [0.25, 0.3) is 11.3 Å². The van der Waals surface area contributed by atoms with Crippen LogP contribution < -0.4 is 5.32 Å². The van der Waals surface area contributed by atoms with E-state index in [9.17, 15) is 0 Å². The number of thiazole rings is 1. The lowest BCUT2D eigenvalue weighted by atomic mass is 10.2. The molecule has 0 unspecified atom stereocenters. The average Bonchev–Trinajstić information content (AvgIpc) is 2.72. The molecule has 4 nitrogen and oxygen atoms in total. The van der Waals surface area contributed by atoms with Crippen molar-refractivity contribution in [1.29, 1.82) is 0 Å². The molecule has 2 aromatic heterocycles. The fraction of sp³-hybridized carbons (Fsp3) is 0.250. The van der Waals surface area contributed by atoms with Gasteiger partial charge in [-0.2, -0.15) is 5.10 Å². The van der Waals surface area contributed by atoms with Crippen LogP contribution in [0.5, 0.6) is 0 Å². The lowest BCUT2D eigenvalue weighted by molar-refractivity contribution is 1.09. The third kappa shape index (κ3) is 1.42. The monoisotopic (exact) mass is 194 g/mol. The van der Waals surface area contributed by atoms with Crippen LogP contribution in [0, 0.1) is 6.92 Å². The highest BCUT2D eigenvalue weighted by atomic mass is 32.1. The van der Waals surface area contributed by atoms with E-state index in [1.54, 1.807) is 17.5 Å². The van der Waals surface area contributed by atoms with Gasteiger partial charge in [0.15, 0.2) is 5.13 Å². The highest BCUT2D eigenvalue weighted by Crippen LogP contribution is 2.29. The number of hydrogen-bond donors (Lipinski definition) is 2. The minimum Gasteiger partial charge on any atom is -0.365 e. The Balaban J connectivity index is 2.46. The van der Waals surface area contributed by atoms with E-state index in [1.807, 2.05) is 13.2 Å². The van der Waals surface area contributed by atoms with Crippen LogP contribution in [0.4, 0.5) is 5.13 Å². The summed E-state index contributed by atoms with van der Waals surface area (Å²) >= 11 is 1.65. The average molecular weight is 194 g/mol. The van der Waals surface area contributed by atoms with Crippen LogP contribution >= 0.6 is 11.3 Å². The summed E-state index contributed by atoms with van der Waals surface area (Å²) in [5, 5.41) is 10.6. The summed E-state index contributed by atoms with van der Waals surface area (Å²) in [6, 6.07) is 0. The number of aromatic amines is 1. The maximum atomic E-state index is 4.42. The third-order valence-electron chi connectivity index (χ3n) is 1.78. The fourth-order valence-corrected chi connectivity index (χ4v) is 1.94. The standard InChI is InChI=1S/C8H10N4S/c1-5-7(6-3-10-11-4-6)12-8(9-2)13-5/h3-4H,1-2H3,(H,9,12)(H,10,11). The number of aromatic nitrogens is 3. The van der Waals surface area contributed by atoms with Crippen LogP contribution in [0.2, 0.25) is 0 Å². The van der Waals surface area contributed by atoms with E-state index in [1.165, 1.54) is 4.88 Å². The number of H-pyrrole nitrogens is 1. The molecular weight excluding hydrogens is 184 g/mol. The fourth-order valence-electron chi connectivity index (χ4n) is 1.15. The molecule has 2 heterocycles. The van der Waals surface area contributed by atoms with Crippen molar-refractivity contribution in [2.45, 2.75) is 6.92 Å². The maximum Gasteiger partial charge on any atom is 0.183 e. The lowest BCUT2D eigenvalue weighted by Crippen LogP contribution is -1.85. The molecule has 0 aromatic carbocycles. The molecule has 0 atom stereocenters. The smallest absolute Gasteiger partial charge is 0.183 e. The Labute approximate surface area is 80.0 Å². The van der Waals surface area contributed by atoms with Crippen molar-refractivity contribution in [3.05, 3.63) is 17.3 Å². The molecule has 0 fully saturated rings. The second kappa shape index (κ2) is 3.18. The first kappa shape index (κ1) is 8.25. The van der Waals surface area contributed by atoms with Crippen LogP contribution in [0.1, 0.15) is 4.88 Å². The van der Waals surface area contributed by atoms with E-state index in [0.717, 1.165) is 16.4 Å². The van der Waals surface area contributed by atoms with E-state index >= 15 is 0 Å². The Morgan fingerprint density at radius 1 is 1.54 bits per heavy atom. The molecule has 68 valence electrons. The minimum absolute atomic E-state index is 0.939. The first-order chi connectivity index (χ1) is 6.31. The molecule has 0 radical (unpaired) electrons. The van der Waals surface area contributed by atoms with E-state index in [4.69, 9.17) is 0 Å². The molecule has 0 saturated heterocycles. The molecular formula is C8H10N4S. The summed E-state index contributed by atoms with van der Waals surface area (Å²) in [4.78, 5) is 5.62. The Morgan fingerprint density at radius 3 is 2.92 bits per heavy atom. The number of anilines is 1. The molecule has 2 aromatic rings. The van der Waals surface area contributed by atoms with Gasteiger partial charge in [0, 0.05) is 23.7 Å². The van der Waals surface area contributed by atoms with E-state index in [2.05, 4.69) is 27.4 Å². The van der Waals surface area contributed by atoms with Crippen LogP contribution in [0.3, 0.4) is 0 Å². The molecule has 0 aliphatic rings. The molecule has 0 aliphatic carbocycles. The Bertz CT molecular complexity index is 390. The molecule has 0 saturated carbocycles. The normalized spacial score (nSPS) is 10.3.